The second-order valence-corrected chi connectivity index (χ2v) is 9.59. The first-order chi connectivity index (χ1) is 18.1. The SMILES string of the molecule is CC(=O)O.CCN1C(=O)C(C)(C)c2cc3[nH]c(-c4n[nH]c5ccc(-c6ccc(OC)nc6)cc45)nc3cc21. The van der Waals surface area contributed by atoms with E-state index in [0.717, 1.165) is 56.9 Å². The molecule has 0 aliphatic carbocycles. The number of hydrogen-bond donors (Lipinski definition) is 3. The van der Waals surface area contributed by atoms with Crippen LogP contribution in [0.1, 0.15) is 33.3 Å². The van der Waals surface area contributed by atoms with Gasteiger partial charge in [-0.05, 0) is 62.2 Å². The van der Waals surface area contributed by atoms with Gasteiger partial charge in [0.2, 0.25) is 11.8 Å². The number of fused-ring (bicyclic) bond motifs is 3. The van der Waals surface area contributed by atoms with Crippen molar-refractivity contribution in [2.75, 3.05) is 18.6 Å². The quantitative estimate of drug-likeness (QED) is 0.311. The van der Waals surface area contributed by atoms with Crippen molar-refractivity contribution < 1.29 is 19.4 Å². The predicted octanol–water partition coefficient (Wildman–Crippen LogP) is 4.91. The Labute approximate surface area is 218 Å². The number of H-pyrrole nitrogens is 2. The number of likely N-dealkylation sites (N-methyl/N-ethyl adjacent to an activating group) is 1. The number of amides is 1. The molecule has 1 amide bonds. The minimum atomic E-state index is -0.833. The van der Waals surface area contributed by atoms with Crippen LogP contribution in [-0.2, 0) is 15.0 Å². The Balaban J connectivity index is 0.000000689. The van der Waals surface area contributed by atoms with E-state index in [1.54, 1.807) is 13.3 Å². The molecular formula is C28H28N6O4. The third-order valence-electron chi connectivity index (χ3n) is 6.73. The van der Waals surface area contributed by atoms with Crippen LogP contribution in [0.4, 0.5) is 5.69 Å². The van der Waals surface area contributed by atoms with Gasteiger partial charge in [-0.1, -0.05) is 6.07 Å². The average molecular weight is 513 g/mol. The van der Waals surface area contributed by atoms with Crippen LogP contribution in [0, 0.1) is 0 Å². The van der Waals surface area contributed by atoms with Crippen LogP contribution in [0.2, 0.25) is 0 Å². The number of aromatic nitrogens is 5. The number of aliphatic carboxylic acids is 1. The molecule has 5 aromatic rings. The van der Waals surface area contributed by atoms with E-state index in [0.29, 0.717) is 18.2 Å². The van der Waals surface area contributed by atoms with Gasteiger partial charge in [0.25, 0.3) is 5.97 Å². The molecule has 10 nitrogen and oxygen atoms in total. The largest absolute Gasteiger partial charge is 0.481 e. The molecule has 2 aromatic carbocycles. The molecule has 4 heterocycles. The van der Waals surface area contributed by atoms with Crippen molar-refractivity contribution in [2.24, 2.45) is 0 Å². The summed E-state index contributed by atoms with van der Waals surface area (Å²) in [6.07, 6.45) is 1.80. The van der Waals surface area contributed by atoms with E-state index in [4.69, 9.17) is 19.6 Å². The van der Waals surface area contributed by atoms with Gasteiger partial charge in [-0.15, -0.1) is 0 Å². The number of rotatable bonds is 4. The number of nitrogens with zero attached hydrogens (tertiary/aromatic N) is 4. The van der Waals surface area contributed by atoms with Gasteiger partial charge in [0.1, 0.15) is 5.69 Å². The molecule has 0 fully saturated rings. The van der Waals surface area contributed by atoms with Gasteiger partial charge >= 0.3 is 0 Å². The fourth-order valence-electron chi connectivity index (χ4n) is 4.80. The maximum absolute atomic E-state index is 12.9. The van der Waals surface area contributed by atoms with E-state index >= 15 is 0 Å². The number of carboxylic acid groups (broad SMARTS) is 1. The molecule has 1 aliphatic heterocycles. The van der Waals surface area contributed by atoms with Crippen LogP contribution in [0.15, 0.2) is 48.7 Å². The molecule has 0 saturated carbocycles. The number of carboxylic acids is 1. The van der Waals surface area contributed by atoms with Crippen LogP contribution in [-0.4, -0.2) is 55.8 Å². The van der Waals surface area contributed by atoms with Gasteiger partial charge in [-0.25, -0.2) is 9.97 Å². The molecule has 10 heteroatoms. The molecule has 0 atom stereocenters. The summed E-state index contributed by atoms with van der Waals surface area (Å²) in [4.78, 5) is 36.3. The van der Waals surface area contributed by atoms with Crippen LogP contribution in [0.5, 0.6) is 5.88 Å². The van der Waals surface area contributed by atoms with E-state index in [-0.39, 0.29) is 5.91 Å². The van der Waals surface area contributed by atoms with Crippen LogP contribution >= 0.6 is 0 Å². The molecular weight excluding hydrogens is 484 g/mol. The summed E-state index contributed by atoms with van der Waals surface area (Å²) in [5, 5.41) is 16.0. The van der Waals surface area contributed by atoms with Crippen molar-refractivity contribution >= 4 is 39.5 Å². The summed E-state index contributed by atoms with van der Waals surface area (Å²) in [6, 6.07) is 14.0. The Hall–Kier alpha value is -4.73. The normalized spacial score (nSPS) is 13.9. The van der Waals surface area contributed by atoms with E-state index in [9.17, 15) is 4.79 Å². The van der Waals surface area contributed by atoms with Gasteiger partial charge in [-0.3, -0.25) is 14.7 Å². The van der Waals surface area contributed by atoms with Crippen molar-refractivity contribution in [1.82, 2.24) is 25.1 Å². The summed E-state index contributed by atoms with van der Waals surface area (Å²) in [7, 11) is 1.60. The predicted molar refractivity (Wildman–Crippen MR) is 145 cm³/mol. The van der Waals surface area contributed by atoms with Crippen LogP contribution in [0.25, 0.3) is 44.6 Å². The standard InChI is InChI=1S/C26H24N6O2.C2H4O2/c1-5-32-21-12-20-19(11-17(21)26(2,3)25(32)33)28-24(29-20)23-16-10-14(6-8-18(16)30-31-23)15-7-9-22(34-4)27-13-15;1-2(3)4/h6-13H,5H2,1-4H3,(H,28,29)(H,30,31);1H3,(H,3,4). The molecule has 3 aromatic heterocycles. The summed E-state index contributed by atoms with van der Waals surface area (Å²) < 4.78 is 5.17. The molecule has 6 rings (SSSR count). The molecule has 0 radical (unpaired) electrons. The first-order valence-corrected chi connectivity index (χ1v) is 12.2. The number of nitrogens with one attached hydrogen (secondary N) is 2. The second kappa shape index (κ2) is 9.29. The van der Waals surface area contributed by atoms with Gasteiger partial charge in [0, 0.05) is 36.7 Å². The minimum Gasteiger partial charge on any atom is -0.481 e. The van der Waals surface area contributed by atoms with Gasteiger partial charge in [0.15, 0.2) is 5.82 Å². The highest BCUT2D eigenvalue weighted by Gasteiger charge is 2.43. The molecule has 0 spiro atoms. The lowest BCUT2D eigenvalue weighted by atomic mass is 9.86. The number of anilines is 1. The van der Waals surface area contributed by atoms with E-state index in [1.165, 1.54) is 0 Å². The lowest BCUT2D eigenvalue weighted by Gasteiger charge is -2.18. The van der Waals surface area contributed by atoms with Crippen LogP contribution < -0.4 is 9.64 Å². The smallest absolute Gasteiger partial charge is 0.300 e. The van der Waals surface area contributed by atoms with E-state index in [1.807, 2.05) is 56.0 Å². The van der Waals surface area contributed by atoms with Crippen molar-refractivity contribution in [1.29, 1.82) is 0 Å². The zero-order chi connectivity index (χ0) is 27.2. The van der Waals surface area contributed by atoms with Crippen molar-refractivity contribution in [2.45, 2.75) is 33.1 Å². The topological polar surface area (TPSA) is 137 Å². The molecule has 0 unspecified atom stereocenters. The minimum absolute atomic E-state index is 0.122. The maximum atomic E-state index is 12.9. The number of ether oxygens (including phenoxy) is 1. The third-order valence-corrected chi connectivity index (χ3v) is 6.73. The molecule has 0 bridgehead atoms. The van der Waals surface area contributed by atoms with Crippen molar-refractivity contribution in [3.63, 3.8) is 0 Å². The molecule has 1 aliphatic rings. The molecule has 194 valence electrons. The zero-order valence-electron chi connectivity index (χ0n) is 21.8. The number of carbonyl (C=O) groups excluding carboxylic acids is 1. The molecule has 3 N–H and O–H groups in total. The summed E-state index contributed by atoms with van der Waals surface area (Å²) in [5.41, 5.74) is 6.77. The maximum Gasteiger partial charge on any atom is 0.300 e. The first kappa shape index (κ1) is 24.9. The summed E-state index contributed by atoms with van der Waals surface area (Å²) >= 11 is 0. The highest BCUT2D eigenvalue weighted by Crippen LogP contribution is 2.43. The third kappa shape index (κ3) is 4.13. The zero-order valence-corrected chi connectivity index (χ0v) is 21.8. The first-order valence-electron chi connectivity index (χ1n) is 12.2. The summed E-state index contributed by atoms with van der Waals surface area (Å²) in [5.74, 6) is 0.549. The number of pyridine rings is 1. The highest BCUT2D eigenvalue weighted by molar-refractivity contribution is 6.09. The second-order valence-electron chi connectivity index (χ2n) is 9.59. The number of methoxy groups -OCH3 is 1. The number of imidazole rings is 1. The van der Waals surface area contributed by atoms with Gasteiger partial charge in [0.05, 0.1) is 34.8 Å². The van der Waals surface area contributed by atoms with E-state index < -0.39 is 11.4 Å². The van der Waals surface area contributed by atoms with Crippen LogP contribution in [0.3, 0.4) is 0 Å². The van der Waals surface area contributed by atoms with E-state index in [2.05, 4.69) is 32.3 Å². The number of hydrogen-bond acceptors (Lipinski definition) is 6. The average Bonchev–Trinajstić information content (AvgIpc) is 3.55. The summed E-state index contributed by atoms with van der Waals surface area (Å²) in [6.45, 7) is 7.66. The fraction of sp³-hybridized carbons (Fsp3) is 0.250. The Morgan fingerprint density at radius 3 is 2.50 bits per heavy atom. The lowest BCUT2D eigenvalue weighted by Crippen LogP contribution is -2.35. The van der Waals surface area contributed by atoms with Crippen molar-refractivity contribution in [3.05, 3.63) is 54.2 Å². The number of carbonyl (C=O) groups is 2. The highest BCUT2D eigenvalue weighted by atomic mass is 16.5. The number of aromatic amines is 2. The molecule has 0 saturated heterocycles. The molecule has 38 heavy (non-hydrogen) atoms. The van der Waals surface area contributed by atoms with Crippen molar-refractivity contribution in [3.8, 4) is 28.5 Å². The Bertz CT molecular complexity index is 1680. The lowest BCUT2D eigenvalue weighted by molar-refractivity contribution is -0.134. The Kier molecular flexibility index (Phi) is 6.10. The Morgan fingerprint density at radius 2 is 1.84 bits per heavy atom. The van der Waals surface area contributed by atoms with Gasteiger partial charge < -0.3 is 19.7 Å². The Morgan fingerprint density at radius 1 is 1.11 bits per heavy atom. The fourth-order valence-corrected chi connectivity index (χ4v) is 4.80. The number of benzene rings is 2. The van der Waals surface area contributed by atoms with Gasteiger partial charge in [-0.2, -0.15) is 5.10 Å². The monoisotopic (exact) mass is 512 g/mol.